The molecule has 0 aliphatic rings. The number of guanidine groups is 2. The number of rotatable bonds is 26. The molecule has 17 N–H and O–H groups in total. The van der Waals surface area contributed by atoms with Crippen molar-refractivity contribution in [3.8, 4) is 0 Å². The summed E-state index contributed by atoms with van der Waals surface area (Å²) in [7, 11) is 0. The number of benzene rings is 1. The van der Waals surface area contributed by atoms with Crippen LogP contribution in [0.5, 0.6) is 0 Å². The molecule has 0 radical (unpaired) electrons. The topological polar surface area (TPSA) is 375 Å². The van der Waals surface area contributed by atoms with Gasteiger partial charge in [-0.1, -0.05) is 44.2 Å². The van der Waals surface area contributed by atoms with Gasteiger partial charge >= 0.3 is 11.9 Å². The normalized spacial score (nSPS) is 14.0. The van der Waals surface area contributed by atoms with Gasteiger partial charge in [-0.05, 0) is 56.9 Å². The molecule has 0 aliphatic heterocycles. The number of carboxylic acids is 2. The molecule has 1 rings (SSSR count). The Morgan fingerprint density at radius 1 is 0.607 bits per heavy atom. The zero-order valence-electron chi connectivity index (χ0n) is 32.0. The van der Waals surface area contributed by atoms with Crippen molar-refractivity contribution in [1.29, 1.82) is 0 Å². The largest absolute Gasteiger partial charge is 0.481 e. The van der Waals surface area contributed by atoms with Crippen LogP contribution in [0.4, 0.5) is 0 Å². The first kappa shape index (κ1) is 48.0. The minimum atomic E-state index is -1.55. The van der Waals surface area contributed by atoms with E-state index in [0.29, 0.717) is 5.56 Å². The summed E-state index contributed by atoms with van der Waals surface area (Å²) >= 11 is 0. The van der Waals surface area contributed by atoms with Crippen molar-refractivity contribution in [3.05, 3.63) is 35.9 Å². The van der Waals surface area contributed by atoms with Crippen molar-refractivity contribution in [3.63, 3.8) is 0 Å². The Morgan fingerprint density at radius 2 is 1.02 bits per heavy atom. The van der Waals surface area contributed by atoms with Crippen LogP contribution in [0, 0.1) is 5.92 Å². The fourth-order valence-electron chi connectivity index (χ4n) is 5.23. The van der Waals surface area contributed by atoms with Gasteiger partial charge < -0.3 is 65.5 Å². The van der Waals surface area contributed by atoms with Crippen molar-refractivity contribution in [2.45, 2.75) is 108 Å². The van der Waals surface area contributed by atoms with E-state index in [0.717, 1.165) is 0 Å². The summed E-state index contributed by atoms with van der Waals surface area (Å²) in [6.45, 7) is 5.09. The van der Waals surface area contributed by atoms with Crippen molar-refractivity contribution >= 4 is 53.4 Å². The summed E-state index contributed by atoms with van der Waals surface area (Å²) in [6.07, 6.45) is -0.706. The molecule has 0 saturated heterocycles. The number of nitrogens with two attached hydrogens (primary N) is 5. The number of carbonyl (C=O) groups excluding carboxylic acids is 5. The smallest absolute Gasteiger partial charge is 0.326 e. The van der Waals surface area contributed by atoms with E-state index in [9.17, 15) is 43.8 Å². The number of nitrogens with zero attached hydrogens (tertiary/aromatic N) is 2. The minimum absolute atomic E-state index is 0.0314. The molecule has 0 spiro atoms. The van der Waals surface area contributed by atoms with Gasteiger partial charge in [0, 0.05) is 25.9 Å². The van der Waals surface area contributed by atoms with Crippen LogP contribution in [0.1, 0.15) is 71.3 Å². The molecule has 21 nitrogen and oxygen atoms in total. The number of hydrogen-bond donors (Lipinski definition) is 12. The molecular formula is C35H58N12O9. The van der Waals surface area contributed by atoms with Crippen molar-refractivity contribution in [1.82, 2.24) is 26.6 Å². The number of aliphatic carboxylic acids is 2. The van der Waals surface area contributed by atoms with Crippen LogP contribution in [-0.2, 0) is 40.0 Å². The Hall–Kier alpha value is -5.99. The summed E-state index contributed by atoms with van der Waals surface area (Å²) in [5, 5.41) is 31.7. The third kappa shape index (κ3) is 19.9. The second kappa shape index (κ2) is 25.2. The lowest BCUT2D eigenvalue weighted by atomic mass is 10.0. The van der Waals surface area contributed by atoms with Gasteiger partial charge in [0.2, 0.25) is 29.5 Å². The maximum absolute atomic E-state index is 13.9. The van der Waals surface area contributed by atoms with E-state index >= 15 is 0 Å². The van der Waals surface area contributed by atoms with Crippen molar-refractivity contribution < 1.29 is 43.8 Å². The Balaban J connectivity index is 3.44. The molecule has 5 amide bonds. The van der Waals surface area contributed by atoms with Gasteiger partial charge in [-0.2, -0.15) is 0 Å². The zero-order chi connectivity index (χ0) is 42.4. The highest BCUT2D eigenvalue weighted by atomic mass is 16.4. The maximum Gasteiger partial charge on any atom is 0.326 e. The van der Waals surface area contributed by atoms with Gasteiger partial charge in [0.05, 0.1) is 6.04 Å². The number of amides is 5. The molecular weight excluding hydrogens is 732 g/mol. The van der Waals surface area contributed by atoms with Crippen molar-refractivity contribution in [2.75, 3.05) is 13.1 Å². The maximum atomic E-state index is 13.9. The molecule has 312 valence electrons. The van der Waals surface area contributed by atoms with E-state index in [1.807, 2.05) is 0 Å². The SMILES string of the molecule is CC(C)C[C@H](NC(=O)[C@H](CCCN=C(N)N)NC(=O)[C@H](CCC(=O)O)NC(=O)[C@H](CCCN=C(N)N)NC(=O)[C@H](Cc1ccccc1)NC(=O)[C@H](C)N)C(=O)O. The minimum Gasteiger partial charge on any atom is -0.481 e. The van der Waals surface area contributed by atoms with Crippen molar-refractivity contribution in [2.24, 2.45) is 44.6 Å². The number of carbonyl (C=O) groups is 7. The molecule has 21 heteroatoms. The van der Waals surface area contributed by atoms with Gasteiger partial charge in [-0.25, -0.2) is 4.79 Å². The fraction of sp³-hybridized carbons (Fsp3) is 0.571. The van der Waals surface area contributed by atoms with E-state index < -0.39 is 90.6 Å². The molecule has 0 aliphatic carbocycles. The Kier molecular flexibility index (Phi) is 21.6. The summed E-state index contributed by atoms with van der Waals surface area (Å²) in [5.41, 5.74) is 28.0. The van der Waals surface area contributed by atoms with Crippen LogP contribution in [0.25, 0.3) is 0 Å². The van der Waals surface area contributed by atoms with Gasteiger partial charge in [-0.3, -0.25) is 38.8 Å². The van der Waals surface area contributed by atoms with Gasteiger partial charge in [-0.15, -0.1) is 0 Å². The number of hydrogen-bond acceptors (Lipinski definition) is 10. The number of aliphatic imine (C=N–C) groups is 2. The number of carboxylic acid groups (broad SMARTS) is 2. The first-order chi connectivity index (χ1) is 26.3. The summed E-state index contributed by atoms with van der Waals surface area (Å²) in [4.78, 5) is 98.5. The monoisotopic (exact) mass is 790 g/mol. The van der Waals surface area contributed by atoms with E-state index in [4.69, 9.17) is 28.7 Å². The first-order valence-electron chi connectivity index (χ1n) is 18.2. The lowest BCUT2D eigenvalue weighted by Crippen LogP contribution is -2.59. The summed E-state index contributed by atoms with van der Waals surface area (Å²) < 4.78 is 0. The highest BCUT2D eigenvalue weighted by Crippen LogP contribution is 2.10. The predicted octanol–water partition coefficient (Wildman–Crippen LogP) is -2.90. The zero-order valence-corrected chi connectivity index (χ0v) is 32.0. The standard InChI is InChI=1S/C35H58N12O9/c1-19(2)17-26(33(55)56)47-30(52)23(12-8-16-42-35(39)40)43-31(53)24(13-14-27(48)49)45-29(51)22(11-7-15-41-34(37)38)44-32(54)25(46-28(50)20(3)36)18-21-9-5-4-6-10-21/h4-6,9-10,19-20,22-26H,7-8,11-18,36H2,1-3H3,(H,43,53)(H,44,54)(H,45,51)(H,46,50)(H,47,52)(H,48,49)(H,55,56)(H4,37,38,41)(H4,39,40,42)/t20-,22-,23-,24-,25-,26-/m0/s1. The molecule has 0 unspecified atom stereocenters. The van der Waals surface area contributed by atoms with Crippen LogP contribution in [0.15, 0.2) is 40.3 Å². The molecule has 0 bridgehead atoms. The second-order valence-corrected chi connectivity index (χ2v) is 13.6. The molecule has 1 aromatic carbocycles. The fourth-order valence-corrected chi connectivity index (χ4v) is 5.23. The Bertz CT molecular complexity index is 1530. The van der Waals surface area contributed by atoms with Gasteiger partial charge in [0.25, 0.3) is 0 Å². The molecule has 6 atom stereocenters. The highest BCUT2D eigenvalue weighted by molar-refractivity contribution is 5.96. The van der Waals surface area contributed by atoms with Crippen LogP contribution < -0.4 is 55.3 Å². The number of nitrogens with one attached hydrogen (secondary N) is 5. The predicted molar refractivity (Wildman–Crippen MR) is 207 cm³/mol. The van der Waals surface area contributed by atoms with E-state index in [-0.39, 0.29) is 69.5 Å². The molecule has 0 saturated carbocycles. The molecule has 56 heavy (non-hydrogen) atoms. The third-order valence-electron chi connectivity index (χ3n) is 8.09. The second-order valence-electron chi connectivity index (χ2n) is 13.6. The van der Waals surface area contributed by atoms with Gasteiger partial charge in [0.15, 0.2) is 11.9 Å². The van der Waals surface area contributed by atoms with Crippen LogP contribution in [0.3, 0.4) is 0 Å². The Labute approximate surface area is 325 Å². The summed E-state index contributed by atoms with van der Waals surface area (Å²) in [6, 6.07) is 1.06. The average molecular weight is 791 g/mol. The average Bonchev–Trinajstić information content (AvgIpc) is 3.11. The lowest BCUT2D eigenvalue weighted by molar-refractivity contribution is -0.143. The van der Waals surface area contributed by atoms with Crippen LogP contribution in [0.2, 0.25) is 0 Å². The first-order valence-corrected chi connectivity index (χ1v) is 18.2. The molecule has 1 aromatic rings. The molecule has 0 fully saturated rings. The molecule has 0 aromatic heterocycles. The van der Waals surface area contributed by atoms with Crippen LogP contribution in [-0.4, -0.2) is 113 Å². The van der Waals surface area contributed by atoms with Crippen LogP contribution >= 0.6 is 0 Å². The summed E-state index contributed by atoms with van der Waals surface area (Å²) in [5.74, 6) is -7.21. The van der Waals surface area contributed by atoms with E-state index in [1.54, 1.807) is 44.2 Å². The Morgan fingerprint density at radius 3 is 1.41 bits per heavy atom. The quantitative estimate of drug-likeness (QED) is 0.0255. The lowest BCUT2D eigenvalue weighted by Gasteiger charge is -2.27. The van der Waals surface area contributed by atoms with Gasteiger partial charge in [0.1, 0.15) is 30.2 Å². The van der Waals surface area contributed by atoms with E-state index in [1.165, 1.54) is 6.92 Å². The third-order valence-corrected chi connectivity index (χ3v) is 8.09. The molecule has 0 heterocycles. The van der Waals surface area contributed by atoms with E-state index in [2.05, 4.69) is 36.6 Å². The highest BCUT2D eigenvalue weighted by Gasteiger charge is 2.33.